The van der Waals surface area contributed by atoms with E-state index in [4.69, 9.17) is 4.74 Å². The van der Waals surface area contributed by atoms with Gasteiger partial charge in [-0.15, -0.1) is 0 Å². The molecule has 0 aliphatic heterocycles. The zero-order valence-electron chi connectivity index (χ0n) is 18.9. The summed E-state index contributed by atoms with van der Waals surface area (Å²) in [5.74, 6) is -0.175. The lowest BCUT2D eigenvalue weighted by Gasteiger charge is -2.07. The summed E-state index contributed by atoms with van der Waals surface area (Å²) in [6.45, 7) is 2.19. The Bertz CT molecular complexity index is 756. The summed E-state index contributed by atoms with van der Waals surface area (Å²) in [6, 6.07) is 18.1. The summed E-state index contributed by atoms with van der Waals surface area (Å²) < 4.78 is 4.95. The molecule has 0 saturated heterocycles. The molecule has 168 valence electrons. The second-order valence-corrected chi connectivity index (χ2v) is 8.04. The minimum Gasteiger partial charge on any atom is -0.466 e. The van der Waals surface area contributed by atoms with E-state index in [0.29, 0.717) is 13.0 Å². The van der Waals surface area contributed by atoms with E-state index in [0.717, 1.165) is 24.1 Å². The van der Waals surface area contributed by atoms with Crippen LogP contribution in [0, 0.1) is 0 Å². The first-order valence-electron chi connectivity index (χ1n) is 11.8. The Morgan fingerprint density at radius 2 is 1.35 bits per heavy atom. The lowest BCUT2D eigenvalue weighted by Crippen LogP contribution is -2.11. The summed E-state index contributed by atoms with van der Waals surface area (Å²) in [6.07, 6.45) is 11.7. The number of ether oxygens (including phenoxy) is 1. The first-order chi connectivity index (χ1) is 15.2. The number of hydrogen-bond acceptors (Lipinski definition) is 3. The van der Waals surface area contributed by atoms with Crippen molar-refractivity contribution in [1.29, 1.82) is 0 Å². The molecule has 4 heteroatoms. The van der Waals surface area contributed by atoms with Gasteiger partial charge in [-0.2, -0.15) is 0 Å². The van der Waals surface area contributed by atoms with Gasteiger partial charge in [0.1, 0.15) is 0 Å². The molecule has 4 nitrogen and oxygen atoms in total. The van der Waals surface area contributed by atoms with Crippen molar-refractivity contribution in [3.63, 3.8) is 0 Å². The second kappa shape index (κ2) is 15.2. The van der Waals surface area contributed by atoms with Gasteiger partial charge in [-0.1, -0.05) is 81.0 Å². The SMILES string of the molecule is CCOC(=O)Cc1ccc(NC(=O)CCCCCCCCCCc2ccccc2)cc1. The third-order valence-electron chi connectivity index (χ3n) is 5.35. The average Bonchev–Trinajstić information content (AvgIpc) is 2.77. The van der Waals surface area contributed by atoms with Crippen molar-refractivity contribution in [1.82, 2.24) is 0 Å². The number of carbonyl (C=O) groups excluding carboxylic acids is 2. The fourth-order valence-corrected chi connectivity index (χ4v) is 3.63. The highest BCUT2D eigenvalue weighted by Gasteiger charge is 2.06. The number of aryl methyl sites for hydroxylation is 1. The Labute approximate surface area is 187 Å². The van der Waals surface area contributed by atoms with E-state index in [1.165, 1.54) is 50.5 Å². The lowest BCUT2D eigenvalue weighted by atomic mass is 10.0. The predicted molar refractivity (Wildman–Crippen MR) is 127 cm³/mol. The number of nitrogens with one attached hydrogen (secondary N) is 1. The van der Waals surface area contributed by atoms with E-state index in [2.05, 4.69) is 35.6 Å². The van der Waals surface area contributed by atoms with Gasteiger partial charge in [0.2, 0.25) is 5.91 Å². The Morgan fingerprint density at radius 3 is 2.00 bits per heavy atom. The van der Waals surface area contributed by atoms with E-state index in [1.54, 1.807) is 6.92 Å². The molecule has 0 aliphatic carbocycles. The van der Waals surface area contributed by atoms with E-state index < -0.39 is 0 Å². The van der Waals surface area contributed by atoms with Crippen LogP contribution in [0.4, 0.5) is 5.69 Å². The largest absolute Gasteiger partial charge is 0.466 e. The van der Waals surface area contributed by atoms with Crippen LogP contribution in [0.1, 0.15) is 75.8 Å². The third-order valence-corrected chi connectivity index (χ3v) is 5.35. The number of esters is 1. The Hall–Kier alpha value is -2.62. The fourth-order valence-electron chi connectivity index (χ4n) is 3.63. The first-order valence-corrected chi connectivity index (χ1v) is 11.8. The van der Waals surface area contributed by atoms with E-state index in [-0.39, 0.29) is 18.3 Å². The number of anilines is 1. The van der Waals surface area contributed by atoms with Crippen LogP contribution in [0.5, 0.6) is 0 Å². The number of rotatable bonds is 15. The minimum atomic E-state index is -0.230. The van der Waals surface area contributed by atoms with Gasteiger partial charge in [-0.05, 0) is 49.4 Å². The molecule has 0 aromatic heterocycles. The van der Waals surface area contributed by atoms with E-state index >= 15 is 0 Å². The van der Waals surface area contributed by atoms with E-state index in [9.17, 15) is 9.59 Å². The summed E-state index contributed by atoms with van der Waals surface area (Å²) in [5.41, 5.74) is 3.10. The van der Waals surface area contributed by atoms with E-state index in [1.807, 2.05) is 24.3 Å². The van der Waals surface area contributed by atoms with Crippen molar-refractivity contribution in [3.05, 3.63) is 65.7 Å². The monoisotopic (exact) mass is 423 g/mol. The Kier molecular flexibility index (Phi) is 12.1. The maximum absolute atomic E-state index is 12.1. The van der Waals surface area contributed by atoms with Crippen LogP contribution in [0.15, 0.2) is 54.6 Å². The zero-order valence-corrected chi connectivity index (χ0v) is 18.9. The molecule has 2 aromatic rings. The molecule has 31 heavy (non-hydrogen) atoms. The van der Waals surface area contributed by atoms with Gasteiger partial charge >= 0.3 is 5.97 Å². The summed E-state index contributed by atoms with van der Waals surface area (Å²) in [7, 11) is 0. The first kappa shape index (κ1) is 24.6. The van der Waals surface area contributed by atoms with Crippen LogP contribution >= 0.6 is 0 Å². The molecule has 2 rings (SSSR count). The normalized spacial score (nSPS) is 10.6. The average molecular weight is 424 g/mol. The Morgan fingerprint density at radius 1 is 0.742 bits per heavy atom. The molecule has 0 saturated carbocycles. The van der Waals surface area contributed by atoms with Gasteiger partial charge in [-0.3, -0.25) is 9.59 Å². The molecule has 0 atom stereocenters. The molecule has 0 fully saturated rings. The zero-order chi connectivity index (χ0) is 22.2. The van der Waals surface area contributed by atoms with Gasteiger partial charge in [-0.25, -0.2) is 0 Å². The van der Waals surface area contributed by atoms with Crippen LogP contribution in [-0.4, -0.2) is 18.5 Å². The van der Waals surface area contributed by atoms with Crippen LogP contribution in [0.25, 0.3) is 0 Å². The molecule has 0 bridgehead atoms. The number of hydrogen-bond donors (Lipinski definition) is 1. The molecular formula is C27H37NO3. The summed E-state index contributed by atoms with van der Waals surface area (Å²) in [4.78, 5) is 23.6. The number of amides is 1. The van der Waals surface area contributed by atoms with Crippen molar-refractivity contribution >= 4 is 17.6 Å². The molecule has 1 amide bonds. The summed E-state index contributed by atoms with van der Waals surface area (Å²) in [5, 5.41) is 2.93. The predicted octanol–water partition coefficient (Wildman–Crippen LogP) is 6.48. The third kappa shape index (κ3) is 11.4. The van der Waals surface area contributed by atoms with Crippen LogP contribution in [-0.2, 0) is 27.2 Å². The molecule has 0 heterocycles. The second-order valence-electron chi connectivity index (χ2n) is 8.04. The van der Waals surface area contributed by atoms with Gasteiger partial charge < -0.3 is 10.1 Å². The van der Waals surface area contributed by atoms with Crippen molar-refractivity contribution in [2.24, 2.45) is 0 Å². The van der Waals surface area contributed by atoms with Gasteiger partial charge in [0.25, 0.3) is 0 Å². The number of unbranched alkanes of at least 4 members (excludes halogenated alkanes) is 7. The molecular weight excluding hydrogens is 386 g/mol. The molecule has 0 aliphatic rings. The van der Waals surface area contributed by atoms with Crippen LogP contribution in [0.3, 0.4) is 0 Å². The lowest BCUT2D eigenvalue weighted by molar-refractivity contribution is -0.142. The van der Waals surface area contributed by atoms with Gasteiger partial charge in [0.05, 0.1) is 13.0 Å². The topological polar surface area (TPSA) is 55.4 Å². The number of carbonyl (C=O) groups is 2. The Balaban J connectivity index is 1.45. The van der Waals surface area contributed by atoms with Crippen LogP contribution < -0.4 is 5.32 Å². The van der Waals surface area contributed by atoms with Crippen LogP contribution in [0.2, 0.25) is 0 Å². The van der Waals surface area contributed by atoms with Crippen molar-refractivity contribution in [2.75, 3.05) is 11.9 Å². The highest BCUT2D eigenvalue weighted by molar-refractivity contribution is 5.90. The highest BCUT2D eigenvalue weighted by atomic mass is 16.5. The minimum absolute atomic E-state index is 0.0547. The highest BCUT2D eigenvalue weighted by Crippen LogP contribution is 2.14. The molecule has 2 aromatic carbocycles. The maximum atomic E-state index is 12.1. The molecule has 0 radical (unpaired) electrons. The molecule has 0 unspecified atom stereocenters. The smallest absolute Gasteiger partial charge is 0.310 e. The quantitative estimate of drug-likeness (QED) is 0.263. The van der Waals surface area contributed by atoms with Crippen molar-refractivity contribution in [2.45, 2.75) is 77.6 Å². The summed E-state index contributed by atoms with van der Waals surface area (Å²) >= 11 is 0. The molecule has 1 N–H and O–H groups in total. The van der Waals surface area contributed by atoms with Crippen molar-refractivity contribution < 1.29 is 14.3 Å². The standard InChI is InChI=1S/C27H37NO3/c1-2-31-27(30)22-24-18-20-25(21-19-24)28-26(29)17-13-8-6-4-3-5-7-10-14-23-15-11-9-12-16-23/h9,11-12,15-16,18-21H,2-8,10,13-14,17,22H2,1H3,(H,28,29). The number of benzene rings is 2. The molecule has 0 spiro atoms. The van der Waals surface area contributed by atoms with Gasteiger partial charge in [0, 0.05) is 12.1 Å². The fraction of sp³-hybridized carbons (Fsp3) is 0.481. The van der Waals surface area contributed by atoms with Gasteiger partial charge in [0.15, 0.2) is 0 Å². The maximum Gasteiger partial charge on any atom is 0.310 e. The van der Waals surface area contributed by atoms with Crippen molar-refractivity contribution in [3.8, 4) is 0 Å².